The fourth-order valence-electron chi connectivity index (χ4n) is 2.24. The molecule has 0 atom stereocenters. The lowest BCUT2D eigenvalue weighted by molar-refractivity contribution is 0.382. The Morgan fingerprint density at radius 3 is 2.50 bits per heavy atom. The van der Waals surface area contributed by atoms with E-state index in [-0.39, 0.29) is 13.1 Å². The standard InChI is InChI=1S/C12H12F2N4O2S2/c13-9-1-2-10(14)11(7-9)22(19,20)18-5-3-17(4-6-18)12-15-8-16-21-12/h1-2,7-8H,3-6H2. The topological polar surface area (TPSA) is 66.4 Å². The molecule has 0 aliphatic carbocycles. The van der Waals surface area contributed by atoms with Gasteiger partial charge in [0.25, 0.3) is 0 Å². The second-order valence-electron chi connectivity index (χ2n) is 4.69. The van der Waals surface area contributed by atoms with Crippen molar-refractivity contribution < 1.29 is 17.2 Å². The maximum Gasteiger partial charge on any atom is 0.246 e. The highest BCUT2D eigenvalue weighted by Crippen LogP contribution is 2.23. The zero-order valence-electron chi connectivity index (χ0n) is 11.3. The summed E-state index contributed by atoms with van der Waals surface area (Å²) >= 11 is 1.23. The third-order valence-corrected chi connectivity index (χ3v) is 6.01. The Labute approximate surface area is 130 Å². The predicted octanol–water partition coefficient (Wildman–Crippen LogP) is 1.33. The molecule has 10 heteroatoms. The lowest BCUT2D eigenvalue weighted by Gasteiger charge is -2.33. The molecule has 2 heterocycles. The summed E-state index contributed by atoms with van der Waals surface area (Å²) < 4.78 is 56.9. The van der Waals surface area contributed by atoms with Crippen molar-refractivity contribution in [2.45, 2.75) is 4.90 Å². The average Bonchev–Trinajstić information content (AvgIpc) is 3.04. The molecule has 0 saturated carbocycles. The summed E-state index contributed by atoms with van der Waals surface area (Å²) in [5.74, 6) is -1.74. The fourth-order valence-corrected chi connectivity index (χ4v) is 4.32. The van der Waals surface area contributed by atoms with E-state index in [0.29, 0.717) is 24.3 Å². The van der Waals surface area contributed by atoms with Crippen molar-refractivity contribution in [2.24, 2.45) is 0 Å². The number of anilines is 1. The molecule has 1 saturated heterocycles. The second-order valence-corrected chi connectivity index (χ2v) is 7.35. The van der Waals surface area contributed by atoms with E-state index in [0.717, 1.165) is 16.4 Å². The van der Waals surface area contributed by atoms with Crippen LogP contribution in [0, 0.1) is 11.6 Å². The van der Waals surface area contributed by atoms with E-state index in [4.69, 9.17) is 0 Å². The van der Waals surface area contributed by atoms with Crippen LogP contribution in [0.2, 0.25) is 0 Å². The third kappa shape index (κ3) is 2.81. The maximum atomic E-state index is 13.7. The molecule has 0 radical (unpaired) electrons. The number of hydrogen-bond acceptors (Lipinski definition) is 6. The summed E-state index contributed by atoms with van der Waals surface area (Å²) in [6, 6.07) is 2.42. The summed E-state index contributed by atoms with van der Waals surface area (Å²) in [5, 5.41) is 0.717. The molecule has 1 aromatic carbocycles. The summed E-state index contributed by atoms with van der Waals surface area (Å²) in [6.07, 6.45) is 1.44. The first-order valence-electron chi connectivity index (χ1n) is 6.45. The number of hydrogen-bond donors (Lipinski definition) is 0. The van der Waals surface area contributed by atoms with Crippen LogP contribution < -0.4 is 4.90 Å². The average molecular weight is 346 g/mol. The number of rotatable bonds is 3. The van der Waals surface area contributed by atoms with Crippen LogP contribution in [0.1, 0.15) is 0 Å². The van der Waals surface area contributed by atoms with Gasteiger partial charge in [-0.3, -0.25) is 0 Å². The van der Waals surface area contributed by atoms with Crippen molar-refractivity contribution >= 4 is 26.7 Å². The van der Waals surface area contributed by atoms with Crippen LogP contribution in [-0.4, -0.2) is 48.3 Å². The van der Waals surface area contributed by atoms with Crippen molar-refractivity contribution in [3.63, 3.8) is 0 Å². The zero-order chi connectivity index (χ0) is 15.7. The van der Waals surface area contributed by atoms with Crippen molar-refractivity contribution in [3.8, 4) is 0 Å². The van der Waals surface area contributed by atoms with Gasteiger partial charge < -0.3 is 4.90 Å². The summed E-state index contributed by atoms with van der Waals surface area (Å²) in [7, 11) is -4.05. The highest BCUT2D eigenvalue weighted by molar-refractivity contribution is 7.89. The van der Waals surface area contributed by atoms with Gasteiger partial charge in [0, 0.05) is 37.7 Å². The zero-order valence-corrected chi connectivity index (χ0v) is 12.9. The van der Waals surface area contributed by atoms with Crippen LogP contribution in [0.15, 0.2) is 29.4 Å². The van der Waals surface area contributed by atoms with Crippen molar-refractivity contribution in [3.05, 3.63) is 36.2 Å². The molecule has 1 aliphatic rings. The fraction of sp³-hybridized carbons (Fsp3) is 0.333. The van der Waals surface area contributed by atoms with Crippen molar-refractivity contribution in [1.29, 1.82) is 0 Å². The first-order chi connectivity index (χ1) is 10.5. The van der Waals surface area contributed by atoms with Crippen LogP contribution in [0.5, 0.6) is 0 Å². The molecule has 0 N–H and O–H groups in total. The van der Waals surface area contributed by atoms with E-state index in [9.17, 15) is 17.2 Å². The SMILES string of the molecule is O=S(=O)(c1cc(F)ccc1F)N1CCN(c2ncns2)CC1. The van der Waals surface area contributed by atoms with Gasteiger partial charge in [-0.15, -0.1) is 0 Å². The molecule has 0 spiro atoms. The highest BCUT2D eigenvalue weighted by atomic mass is 32.2. The smallest absolute Gasteiger partial charge is 0.246 e. The molecule has 1 aliphatic heterocycles. The lowest BCUT2D eigenvalue weighted by atomic mass is 10.3. The number of nitrogens with zero attached hydrogens (tertiary/aromatic N) is 4. The van der Waals surface area contributed by atoms with Gasteiger partial charge in [-0.1, -0.05) is 0 Å². The summed E-state index contributed by atoms with van der Waals surface area (Å²) in [6.45, 7) is 1.20. The molecule has 0 unspecified atom stereocenters. The van der Waals surface area contributed by atoms with Crippen molar-refractivity contribution in [2.75, 3.05) is 31.1 Å². The quantitative estimate of drug-likeness (QED) is 0.839. The minimum absolute atomic E-state index is 0.178. The van der Waals surface area contributed by atoms with E-state index in [1.165, 1.54) is 17.9 Å². The monoisotopic (exact) mass is 346 g/mol. The van der Waals surface area contributed by atoms with Crippen LogP contribution in [0.3, 0.4) is 0 Å². The predicted molar refractivity (Wildman–Crippen MR) is 77.2 cm³/mol. The Kier molecular flexibility index (Phi) is 4.06. The maximum absolute atomic E-state index is 13.7. The third-order valence-electron chi connectivity index (χ3n) is 3.37. The molecule has 0 bridgehead atoms. The minimum Gasteiger partial charge on any atom is -0.344 e. The Morgan fingerprint density at radius 1 is 1.14 bits per heavy atom. The van der Waals surface area contributed by atoms with E-state index >= 15 is 0 Å². The normalized spacial score (nSPS) is 16.9. The van der Waals surface area contributed by atoms with Crippen LogP contribution >= 0.6 is 11.5 Å². The highest BCUT2D eigenvalue weighted by Gasteiger charge is 2.31. The molecule has 1 fully saturated rings. The summed E-state index contributed by atoms with van der Waals surface area (Å²) in [4.78, 5) is 5.35. The van der Waals surface area contributed by atoms with Gasteiger partial charge in [0.1, 0.15) is 22.9 Å². The molecular weight excluding hydrogens is 334 g/mol. The Morgan fingerprint density at radius 2 is 1.86 bits per heavy atom. The Bertz CT molecular complexity index is 759. The van der Waals surface area contributed by atoms with Gasteiger partial charge in [0.05, 0.1) is 0 Å². The number of piperazine rings is 1. The lowest BCUT2D eigenvalue weighted by Crippen LogP contribution is -2.48. The van der Waals surface area contributed by atoms with Gasteiger partial charge in [-0.2, -0.15) is 8.68 Å². The van der Waals surface area contributed by atoms with E-state index < -0.39 is 26.6 Å². The molecule has 6 nitrogen and oxygen atoms in total. The molecular formula is C12H12F2N4O2S2. The van der Waals surface area contributed by atoms with E-state index in [1.807, 2.05) is 4.90 Å². The molecule has 22 heavy (non-hydrogen) atoms. The Hall–Kier alpha value is -1.65. The first-order valence-corrected chi connectivity index (χ1v) is 8.66. The van der Waals surface area contributed by atoms with Gasteiger partial charge in [0.2, 0.25) is 15.2 Å². The van der Waals surface area contributed by atoms with Gasteiger partial charge in [-0.25, -0.2) is 22.2 Å². The first kappa shape index (κ1) is 15.3. The molecule has 3 rings (SSSR count). The number of halogens is 2. The molecule has 2 aromatic rings. The minimum atomic E-state index is -4.05. The van der Waals surface area contributed by atoms with Crippen molar-refractivity contribution in [1.82, 2.24) is 13.7 Å². The van der Waals surface area contributed by atoms with Gasteiger partial charge in [0.15, 0.2) is 0 Å². The largest absolute Gasteiger partial charge is 0.344 e. The second kappa shape index (κ2) is 5.86. The number of aromatic nitrogens is 2. The number of benzene rings is 1. The Balaban J connectivity index is 1.79. The van der Waals surface area contributed by atoms with E-state index in [2.05, 4.69) is 9.36 Å². The van der Waals surface area contributed by atoms with Crippen LogP contribution in [0.4, 0.5) is 13.9 Å². The van der Waals surface area contributed by atoms with Crippen LogP contribution in [-0.2, 0) is 10.0 Å². The van der Waals surface area contributed by atoms with Gasteiger partial charge in [-0.05, 0) is 18.2 Å². The molecule has 1 aromatic heterocycles. The number of sulfonamides is 1. The van der Waals surface area contributed by atoms with Crippen LogP contribution in [0.25, 0.3) is 0 Å². The van der Waals surface area contributed by atoms with E-state index in [1.54, 1.807) is 0 Å². The molecule has 0 amide bonds. The van der Waals surface area contributed by atoms with Gasteiger partial charge >= 0.3 is 0 Å². The molecule has 118 valence electrons. The summed E-state index contributed by atoms with van der Waals surface area (Å²) in [5.41, 5.74) is 0.